The minimum Gasteiger partial charge on any atom is -0.393 e. The molecule has 0 bridgehead atoms. The lowest BCUT2D eigenvalue weighted by Gasteiger charge is -2.57. The van der Waals surface area contributed by atoms with Gasteiger partial charge in [0.15, 0.2) is 30.9 Å². The maximum atomic E-state index is 14.7. The largest absolute Gasteiger partial charge is 0.393 e. The normalized spacial score (nSPS) is 55.8. The summed E-state index contributed by atoms with van der Waals surface area (Å²) in [7, 11) is 0. The molecule has 23 heteroatoms. The predicted molar refractivity (Wildman–Crippen MR) is 229 cm³/mol. The molecule has 10 aliphatic rings. The molecule has 70 heavy (non-hydrogen) atoms. The van der Waals surface area contributed by atoms with E-state index in [2.05, 4.69) is 0 Å². The Labute approximate surface area is 403 Å². The smallest absolute Gasteiger partial charge is 0.201 e. The summed E-state index contributed by atoms with van der Waals surface area (Å²) in [6.45, 7) is 4.99. The number of hydrogen-bond donors (Lipinski definition) is 12. The van der Waals surface area contributed by atoms with Crippen LogP contribution in [0.5, 0.6) is 0 Å². The van der Waals surface area contributed by atoms with Gasteiger partial charge in [0.2, 0.25) is 5.79 Å². The fourth-order valence-electron chi connectivity index (χ4n) is 13.4. The third kappa shape index (κ3) is 8.14. The summed E-state index contributed by atoms with van der Waals surface area (Å²) in [4.78, 5) is 14.7. The molecule has 0 radical (unpaired) electrons. The molecule has 6 aliphatic heterocycles. The predicted octanol–water partition coefficient (Wildman–Crippen LogP) is -4.28. The van der Waals surface area contributed by atoms with Crippen LogP contribution in [0.4, 0.5) is 0 Å². The lowest BCUT2D eigenvalue weighted by atomic mass is 9.51. The molecule has 0 amide bonds. The fourth-order valence-corrected chi connectivity index (χ4v) is 13.4. The van der Waals surface area contributed by atoms with Crippen molar-refractivity contribution in [2.45, 2.75) is 194 Å². The van der Waals surface area contributed by atoms with Crippen molar-refractivity contribution < 1.29 is 113 Å². The third-order valence-electron chi connectivity index (χ3n) is 17.6. The Kier molecular flexibility index (Phi) is 14.1. The maximum Gasteiger partial charge on any atom is 0.201 e. The standard InChI is InChI=1S/C47H70O23/c1-16-11-64-47(39(58)29(16)52)17(2)27-22-7-8-23-21(28(22)32(55)36(27)70-47)6-5-19-9-20(49)10-26(45(19,23)4)66-43-38(35(25(51)13-62-43)67-41-33(56)31(54)24(50)12-61-41)69-42-34(57)37(30(53)18(3)65-42)68-44-40(59)46(60,14-48)15-63-44/h5,16-18,20-21,23-27,29-31,33-44,48-54,56-60H,6-15H2,1-4H3/t16-,17-,18+,20-,21+,23-,24+,25-,26+,27-,29-,30+,31+,33-,34+,35+,36-,37+,38+,39-,40-,41-,42-,43-,44+,45-,46-,47+/m1/s1. The quantitative estimate of drug-likeness (QED) is 0.0973. The number of carbonyl (C=O) groups excluding carboxylic acids is 1. The van der Waals surface area contributed by atoms with Crippen molar-refractivity contribution in [3.8, 4) is 0 Å². The number of allylic oxidation sites excluding steroid dienone is 1. The Morgan fingerprint density at radius 3 is 2.17 bits per heavy atom. The molecule has 6 saturated heterocycles. The number of Topliss-reactive ketones (excluding diaryl/α,β-unsaturated/α-hetero) is 1. The molecule has 0 aromatic heterocycles. The summed E-state index contributed by atoms with van der Waals surface area (Å²) < 4.78 is 61.2. The molecule has 7 fully saturated rings. The first-order valence-electron chi connectivity index (χ1n) is 24.7. The van der Waals surface area contributed by atoms with Gasteiger partial charge in [-0.25, -0.2) is 0 Å². The van der Waals surface area contributed by atoms with Gasteiger partial charge in [-0.1, -0.05) is 38.0 Å². The number of fused-ring (bicyclic) bond motifs is 6. The van der Waals surface area contributed by atoms with Crippen molar-refractivity contribution in [1.29, 1.82) is 0 Å². The van der Waals surface area contributed by atoms with Crippen LogP contribution in [-0.2, 0) is 52.2 Å². The first-order chi connectivity index (χ1) is 33.1. The van der Waals surface area contributed by atoms with Crippen molar-refractivity contribution in [1.82, 2.24) is 0 Å². The summed E-state index contributed by atoms with van der Waals surface area (Å²) in [6.07, 6.45) is -25.2. The zero-order chi connectivity index (χ0) is 50.1. The van der Waals surface area contributed by atoms with Crippen LogP contribution in [0.15, 0.2) is 22.8 Å². The van der Waals surface area contributed by atoms with Crippen molar-refractivity contribution in [3.05, 3.63) is 22.8 Å². The second-order valence-corrected chi connectivity index (χ2v) is 21.7. The first kappa shape index (κ1) is 51.7. The van der Waals surface area contributed by atoms with Gasteiger partial charge in [0.1, 0.15) is 78.8 Å². The highest BCUT2D eigenvalue weighted by Crippen LogP contribution is 2.64. The van der Waals surface area contributed by atoms with Gasteiger partial charge in [-0.2, -0.15) is 0 Å². The van der Waals surface area contributed by atoms with Crippen LogP contribution >= 0.6 is 0 Å². The van der Waals surface area contributed by atoms with Gasteiger partial charge in [-0.3, -0.25) is 4.79 Å². The maximum absolute atomic E-state index is 14.7. The molecule has 6 heterocycles. The van der Waals surface area contributed by atoms with Crippen LogP contribution in [0, 0.1) is 35.0 Å². The van der Waals surface area contributed by atoms with E-state index in [1.165, 1.54) is 6.92 Å². The molecule has 1 saturated carbocycles. The van der Waals surface area contributed by atoms with E-state index in [0.29, 0.717) is 31.3 Å². The van der Waals surface area contributed by atoms with Crippen LogP contribution in [0.1, 0.15) is 59.8 Å². The molecular formula is C47H70O23. The van der Waals surface area contributed by atoms with E-state index in [1.807, 2.05) is 19.9 Å². The Morgan fingerprint density at radius 2 is 1.44 bits per heavy atom. The third-order valence-corrected chi connectivity index (χ3v) is 17.6. The van der Waals surface area contributed by atoms with Gasteiger partial charge >= 0.3 is 0 Å². The summed E-state index contributed by atoms with van der Waals surface area (Å²) >= 11 is 0. The number of hydrogen-bond acceptors (Lipinski definition) is 23. The summed E-state index contributed by atoms with van der Waals surface area (Å²) in [6, 6.07) is 0. The second-order valence-electron chi connectivity index (χ2n) is 21.7. The van der Waals surface area contributed by atoms with E-state index in [1.54, 1.807) is 6.92 Å². The average molecular weight is 1000 g/mol. The molecule has 0 aromatic rings. The SMILES string of the molecule is C[C@@H]1CO[C@@]2(O[C@H]3C(=O)C4=C(CC[C@@H]5[C@@H]4CC=C4C[C@@H](O)C[C@H](O[C@H]6OC[C@@H](O)[C@H](O[C@H]7OC[C@H](O)[C@H](O)[C@H]7O)[C@@H]6O[C@H]6O[C@@H](C)[C@H](O)[C@H](O[C@@H]7OC[C@](O)(CO)[C@@H]7O)[C@@H]6O)[C@]45C)[C@H]3[C@H]2C)[C@H](O)[C@@H]1O. The van der Waals surface area contributed by atoms with Crippen molar-refractivity contribution in [2.75, 3.05) is 33.0 Å². The van der Waals surface area contributed by atoms with Gasteiger partial charge in [0.05, 0.1) is 57.5 Å². The van der Waals surface area contributed by atoms with Crippen LogP contribution in [0.25, 0.3) is 0 Å². The van der Waals surface area contributed by atoms with Crippen LogP contribution < -0.4 is 0 Å². The van der Waals surface area contributed by atoms with Gasteiger partial charge in [-0.15, -0.1) is 0 Å². The van der Waals surface area contributed by atoms with Gasteiger partial charge in [0.25, 0.3) is 0 Å². The van der Waals surface area contributed by atoms with Crippen molar-refractivity contribution >= 4 is 5.78 Å². The summed E-state index contributed by atoms with van der Waals surface area (Å²) in [5.41, 5.74) is -0.418. The molecular weight excluding hydrogens is 932 g/mol. The molecule has 10 rings (SSSR count). The van der Waals surface area contributed by atoms with E-state index >= 15 is 0 Å². The minimum absolute atomic E-state index is 0.0849. The monoisotopic (exact) mass is 1000 g/mol. The zero-order valence-corrected chi connectivity index (χ0v) is 39.4. The lowest BCUT2D eigenvalue weighted by Crippen LogP contribution is -2.65. The molecule has 0 aromatic carbocycles. The number of ketones is 1. The highest BCUT2D eigenvalue weighted by molar-refractivity contribution is 6.04. The lowest BCUT2D eigenvalue weighted by molar-refractivity contribution is -0.387. The van der Waals surface area contributed by atoms with Crippen LogP contribution in [0.2, 0.25) is 0 Å². The van der Waals surface area contributed by atoms with E-state index in [-0.39, 0.29) is 42.5 Å². The van der Waals surface area contributed by atoms with E-state index in [0.717, 1.165) is 11.1 Å². The number of rotatable bonds is 9. The molecule has 12 N–H and O–H groups in total. The number of aliphatic hydroxyl groups excluding tert-OH is 11. The van der Waals surface area contributed by atoms with Gasteiger partial charge < -0.3 is 109 Å². The fraction of sp³-hybridized carbons (Fsp3) is 0.894. The highest BCUT2D eigenvalue weighted by atomic mass is 16.8. The Bertz CT molecular complexity index is 2010. The molecule has 0 unspecified atom stereocenters. The number of aliphatic hydroxyl groups is 12. The van der Waals surface area contributed by atoms with E-state index in [9.17, 15) is 66.1 Å². The summed E-state index contributed by atoms with van der Waals surface area (Å²) in [5, 5.41) is 131. The molecule has 28 atom stereocenters. The van der Waals surface area contributed by atoms with Crippen LogP contribution in [0.3, 0.4) is 0 Å². The molecule has 4 aliphatic carbocycles. The minimum atomic E-state index is -2.10. The van der Waals surface area contributed by atoms with E-state index < -0.39 is 172 Å². The molecule has 396 valence electrons. The average Bonchev–Trinajstić information content (AvgIpc) is 3.91. The molecule has 1 spiro atoms. The Hall–Kier alpha value is -1.73. The topological polar surface area (TPSA) is 352 Å². The first-order valence-corrected chi connectivity index (χ1v) is 24.7. The van der Waals surface area contributed by atoms with Gasteiger partial charge in [-0.05, 0) is 44.4 Å². The Morgan fingerprint density at radius 1 is 0.743 bits per heavy atom. The van der Waals surface area contributed by atoms with Crippen LogP contribution in [-0.4, -0.2) is 234 Å². The highest BCUT2D eigenvalue weighted by Gasteiger charge is 2.68. The van der Waals surface area contributed by atoms with Crippen molar-refractivity contribution in [2.24, 2.45) is 35.0 Å². The molecule has 23 nitrogen and oxygen atoms in total. The number of ether oxygens (including phenoxy) is 10. The van der Waals surface area contributed by atoms with Crippen molar-refractivity contribution in [3.63, 3.8) is 0 Å². The Balaban J connectivity index is 0.943. The van der Waals surface area contributed by atoms with Gasteiger partial charge in [0, 0.05) is 35.2 Å². The second kappa shape index (κ2) is 19.1. The summed E-state index contributed by atoms with van der Waals surface area (Å²) in [5.74, 6) is -3.41. The number of carbonyl (C=O) groups is 1. The van der Waals surface area contributed by atoms with E-state index in [4.69, 9.17) is 47.4 Å². The zero-order valence-electron chi connectivity index (χ0n) is 39.4.